The summed E-state index contributed by atoms with van der Waals surface area (Å²) in [6.07, 6.45) is 0. The van der Waals surface area contributed by atoms with Crippen LogP contribution in [0.25, 0.3) is 0 Å². The summed E-state index contributed by atoms with van der Waals surface area (Å²) in [7, 11) is 1.66. The first-order valence-electron chi connectivity index (χ1n) is 4.71. The van der Waals surface area contributed by atoms with Crippen LogP contribution < -0.4 is 10.0 Å². The number of hydrogen-bond acceptors (Lipinski definition) is 2. The molecule has 84 valence electrons. The molecule has 0 heterocycles. The van der Waals surface area contributed by atoms with Crippen molar-refractivity contribution in [1.29, 1.82) is 0 Å². The lowest BCUT2D eigenvalue weighted by atomic mass is 10.2. The van der Waals surface area contributed by atoms with Crippen molar-refractivity contribution in [3.63, 3.8) is 0 Å². The van der Waals surface area contributed by atoms with Crippen molar-refractivity contribution >= 4 is 27.6 Å². The maximum Gasteiger partial charge on any atom is 0.131 e. The molecule has 0 aliphatic heterocycles. The molecule has 0 spiro atoms. The zero-order chi connectivity index (χ0) is 11.5. The quantitative estimate of drug-likeness (QED) is 0.788. The van der Waals surface area contributed by atoms with Crippen LogP contribution in [0, 0.1) is 0 Å². The molecule has 0 N–H and O–H groups in total. The molecule has 1 rings (SSSR count). The van der Waals surface area contributed by atoms with Crippen molar-refractivity contribution < 1.29 is 9.26 Å². The Morgan fingerprint density at radius 2 is 1.67 bits per heavy atom. The van der Waals surface area contributed by atoms with Crippen LogP contribution in [-0.2, 0) is 4.52 Å². The van der Waals surface area contributed by atoms with E-state index < -0.39 is 6.85 Å². The predicted octanol–water partition coefficient (Wildman–Crippen LogP) is 3.84. The van der Waals surface area contributed by atoms with Gasteiger partial charge in [-0.3, -0.25) is 0 Å². The molecule has 0 fully saturated rings. The van der Waals surface area contributed by atoms with E-state index in [2.05, 4.69) is 15.5 Å². The monoisotopic (exact) mass is 290 g/mol. The number of benzene rings is 1. The normalized spacial score (nSPS) is 13.7. The van der Waals surface area contributed by atoms with Crippen LogP contribution in [0.2, 0.25) is 0 Å². The first kappa shape index (κ1) is 13.0. The lowest BCUT2D eigenvalue weighted by Gasteiger charge is -2.23. The van der Waals surface area contributed by atoms with Gasteiger partial charge in [-0.05, 0) is 60.5 Å². The fourth-order valence-electron chi connectivity index (χ4n) is 0.993. The molecule has 0 amide bonds. The van der Waals surface area contributed by atoms with E-state index in [4.69, 9.17) is 9.26 Å². The van der Waals surface area contributed by atoms with Gasteiger partial charge in [-0.1, -0.05) is 0 Å². The van der Waals surface area contributed by atoms with Crippen molar-refractivity contribution in [1.82, 2.24) is 0 Å². The summed E-state index contributed by atoms with van der Waals surface area (Å²) in [5.74, 6) is 0.866. The van der Waals surface area contributed by atoms with Gasteiger partial charge in [0.05, 0.1) is 12.7 Å². The Labute approximate surface area is 101 Å². The molecule has 0 saturated carbocycles. The molecule has 0 saturated heterocycles. The highest BCUT2D eigenvalue weighted by Gasteiger charge is 2.18. The number of methoxy groups -OCH3 is 1. The van der Waals surface area contributed by atoms with Crippen LogP contribution in [0.4, 0.5) is 0 Å². The highest BCUT2D eigenvalue weighted by molar-refractivity contribution is 9.39. The lowest BCUT2D eigenvalue weighted by Crippen LogP contribution is -2.17. The van der Waals surface area contributed by atoms with Gasteiger partial charge in [-0.2, -0.15) is 0 Å². The highest BCUT2D eigenvalue weighted by atomic mass is 79.9. The van der Waals surface area contributed by atoms with Gasteiger partial charge in [-0.15, -0.1) is 0 Å². The SMILES string of the molecule is COc1ccc(P(Br)OC(C)(C)C)cc1. The fraction of sp³-hybridized carbons (Fsp3) is 0.455. The Balaban J connectivity index is 2.70. The van der Waals surface area contributed by atoms with Crippen LogP contribution in [0.5, 0.6) is 5.75 Å². The Bertz CT molecular complexity index is 305. The molecule has 1 atom stereocenters. The van der Waals surface area contributed by atoms with E-state index in [0.717, 1.165) is 11.1 Å². The Kier molecular flexibility index (Phi) is 4.57. The first-order chi connectivity index (χ1) is 6.92. The third-order valence-electron chi connectivity index (χ3n) is 1.63. The fourth-order valence-corrected chi connectivity index (χ4v) is 3.97. The number of rotatable bonds is 3. The van der Waals surface area contributed by atoms with Crippen molar-refractivity contribution in [3.05, 3.63) is 24.3 Å². The molecule has 1 unspecified atom stereocenters. The average molecular weight is 291 g/mol. The summed E-state index contributed by atoms with van der Waals surface area (Å²) in [5.41, 5.74) is -0.130. The maximum absolute atomic E-state index is 5.84. The largest absolute Gasteiger partial charge is 0.497 e. The van der Waals surface area contributed by atoms with Gasteiger partial charge >= 0.3 is 0 Å². The van der Waals surface area contributed by atoms with Gasteiger partial charge in [0.2, 0.25) is 0 Å². The predicted molar refractivity (Wildman–Crippen MR) is 69.3 cm³/mol. The molecule has 1 aromatic rings. The zero-order valence-electron chi connectivity index (χ0n) is 9.45. The number of hydrogen-bond donors (Lipinski definition) is 0. The molecule has 0 aliphatic carbocycles. The molecule has 2 nitrogen and oxygen atoms in total. The smallest absolute Gasteiger partial charge is 0.131 e. The van der Waals surface area contributed by atoms with E-state index >= 15 is 0 Å². The van der Waals surface area contributed by atoms with Crippen molar-refractivity contribution in [3.8, 4) is 5.75 Å². The van der Waals surface area contributed by atoms with Crippen molar-refractivity contribution in [2.45, 2.75) is 26.4 Å². The lowest BCUT2D eigenvalue weighted by molar-refractivity contribution is 0.158. The summed E-state index contributed by atoms with van der Waals surface area (Å²) < 4.78 is 10.9. The molecular formula is C11H16BrO2P. The number of halogens is 1. The second-order valence-electron chi connectivity index (χ2n) is 4.15. The molecule has 1 aromatic carbocycles. The molecule has 0 radical (unpaired) electrons. The Hall–Kier alpha value is -0.110. The molecule has 4 heteroatoms. The van der Waals surface area contributed by atoms with E-state index in [1.165, 1.54) is 0 Å². The third-order valence-corrected chi connectivity index (χ3v) is 4.70. The second kappa shape index (κ2) is 5.29. The standard InChI is InChI=1S/C11H16BrO2P/c1-11(2,3)14-15(12)10-7-5-9(13-4)6-8-10/h5-8H,1-4H3. The summed E-state index contributed by atoms with van der Waals surface area (Å²) >= 11 is 3.57. The minimum Gasteiger partial charge on any atom is -0.497 e. The van der Waals surface area contributed by atoms with E-state index in [-0.39, 0.29) is 5.60 Å². The highest BCUT2D eigenvalue weighted by Crippen LogP contribution is 2.47. The van der Waals surface area contributed by atoms with Crippen molar-refractivity contribution in [2.75, 3.05) is 7.11 Å². The zero-order valence-corrected chi connectivity index (χ0v) is 11.9. The van der Waals surface area contributed by atoms with Crippen LogP contribution in [0.1, 0.15) is 20.8 Å². The van der Waals surface area contributed by atoms with Crippen LogP contribution in [0.15, 0.2) is 24.3 Å². The topological polar surface area (TPSA) is 18.5 Å². The van der Waals surface area contributed by atoms with Crippen LogP contribution in [0.3, 0.4) is 0 Å². The minimum absolute atomic E-state index is 0.130. The van der Waals surface area contributed by atoms with Crippen LogP contribution in [-0.4, -0.2) is 12.7 Å². The van der Waals surface area contributed by atoms with E-state index in [1.54, 1.807) is 7.11 Å². The summed E-state index contributed by atoms with van der Waals surface area (Å²) in [5, 5.41) is 1.15. The minimum atomic E-state index is -0.724. The molecule has 0 bridgehead atoms. The van der Waals surface area contributed by atoms with Gasteiger partial charge in [-0.25, -0.2) is 0 Å². The third kappa shape index (κ3) is 4.50. The van der Waals surface area contributed by atoms with E-state index in [1.807, 2.05) is 45.0 Å². The van der Waals surface area contributed by atoms with Gasteiger partial charge in [0.25, 0.3) is 0 Å². The average Bonchev–Trinajstić information content (AvgIpc) is 2.15. The molecule has 0 aromatic heterocycles. The van der Waals surface area contributed by atoms with Gasteiger partial charge in [0.15, 0.2) is 0 Å². The van der Waals surface area contributed by atoms with Crippen LogP contribution >= 0.6 is 22.3 Å². The number of ether oxygens (including phenoxy) is 1. The van der Waals surface area contributed by atoms with E-state index in [0.29, 0.717) is 0 Å². The van der Waals surface area contributed by atoms with Gasteiger partial charge < -0.3 is 9.26 Å². The molecule has 0 aliphatic rings. The Morgan fingerprint density at radius 3 is 2.07 bits per heavy atom. The second-order valence-corrected chi connectivity index (χ2v) is 7.27. The first-order valence-corrected chi connectivity index (χ1v) is 7.99. The summed E-state index contributed by atoms with van der Waals surface area (Å²) in [6.45, 7) is 5.42. The summed E-state index contributed by atoms with van der Waals surface area (Å²) in [6, 6.07) is 7.92. The van der Waals surface area contributed by atoms with E-state index in [9.17, 15) is 0 Å². The maximum atomic E-state index is 5.84. The molecular weight excluding hydrogens is 275 g/mol. The van der Waals surface area contributed by atoms with Crippen molar-refractivity contribution in [2.24, 2.45) is 0 Å². The summed E-state index contributed by atoms with van der Waals surface area (Å²) in [4.78, 5) is 0. The molecule has 15 heavy (non-hydrogen) atoms. The Morgan fingerprint density at radius 1 is 1.13 bits per heavy atom. The van der Waals surface area contributed by atoms with Gasteiger partial charge in [0.1, 0.15) is 12.6 Å². The van der Waals surface area contributed by atoms with Gasteiger partial charge in [0, 0.05) is 5.30 Å².